The molecule has 0 saturated carbocycles. The second kappa shape index (κ2) is 6.25. The molecule has 4 heteroatoms. The SMILES string of the molecule is C#Cc1cccc(C(=O)N2CCCCC2C(=O)OC)c1. The van der Waals surface area contributed by atoms with E-state index >= 15 is 0 Å². The smallest absolute Gasteiger partial charge is 0.328 e. The van der Waals surface area contributed by atoms with Crippen molar-refractivity contribution in [2.45, 2.75) is 25.3 Å². The van der Waals surface area contributed by atoms with Crippen LogP contribution in [0.3, 0.4) is 0 Å². The lowest BCUT2D eigenvalue weighted by Gasteiger charge is -2.33. The summed E-state index contributed by atoms with van der Waals surface area (Å²) in [5.41, 5.74) is 1.17. The van der Waals surface area contributed by atoms with E-state index in [-0.39, 0.29) is 11.9 Å². The standard InChI is InChI=1S/C16H17NO3/c1-3-12-7-6-8-13(11-12)15(18)17-10-5-4-9-14(17)16(19)20-2/h1,6-8,11,14H,4-5,9-10H2,2H3. The average Bonchev–Trinajstić information content (AvgIpc) is 2.53. The zero-order chi connectivity index (χ0) is 14.5. The Bertz CT molecular complexity index is 559. The molecule has 1 aliphatic rings. The first-order chi connectivity index (χ1) is 9.67. The molecule has 1 amide bonds. The number of likely N-dealkylation sites (tertiary alicyclic amines) is 1. The fourth-order valence-electron chi connectivity index (χ4n) is 2.46. The predicted molar refractivity (Wildman–Crippen MR) is 75.1 cm³/mol. The second-order valence-corrected chi connectivity index (χ2v) is 4.76. The van der Waals surface area contributed by atoms with Crippen LogP contribution >= 0.6 is 0 Å². The fourth-order valence-corrected chi connectivity index (χ4v) is 2.46. The number of hydrogen-bond acceptors (Lipinski definition) is 3. The van der Waals surface area contributed by atoms with E-state index < -0.39 is 6.04 Å². The van der Waals surface area contributed by atoms with E-state index in [4.69, 9.17) is 11.2 Å². The Morgan fingerprint density at radius 3 is 2.90 bits per heavy atom. The van der Waals surface area contributed by atoms with Gasteiger partial charge in [-0.15, -0.1) is 6.42 Å². The van der Waals surface area contributed by atoms with Gasteiger partial charge < -0.3 is 9.64 Å². The summed E-state index contributed by atoms with van der Waals surface area (Å²) in [7, 11) is 1.35. The van der Waals surface area contributed by atoms with E-state index in [0.29, 0.717) is 24.1 Å². The van der Waals surface area contributed by atoms with Gasteiger partial charge in [-0.3, -0.25) is 4.79 Å². The van der Waals surface area contributed by atoms with Gasteiger partial charge in [-0.25, -0.2) is 4.79 Å². The Morgan fingerprint density at radius 2 is 2.20 bits per heavy atom. The summed E-state index contributed by atoms with van der Waals surface area (Å²) in [5, 5.41) is 0. The Hall–Kier alpha value is -2.28. The van der Waals surface area contributed by atoms with Gasteiger partial charge in [0.15, 0.2) is 0 Å². The third kappa shape index (κ3) is 2.83. The first-order valence-electron chi connectivity index (χ1n) is 6.63. The number of nitrogens with zero attached hydrogens (tertiary/aromatic N) is 1. The topological polar surface area (TPSA) is 46.6 Å². The first kappa shape index (κ1) is 14.1. The third-order valence-corrected chi connectivity index (χ3v) is 3.51. The van der Waals surface area contributed by atoms with Crippen LogP contribution < -0.4 is 0 Å². The third-order valence-electron chi connectivity index (χ3n) is 3.51. The molecule has 0 aromatic heterocycles. The van der Waals surface area contributed by atoms with Crippen molar-refractivity contribution in [3.05, 3.63) is 35.4 Å². The van der Waals surface area contributed by atoms with Crippen LogP contribution in [-0.4, -0.2) is 36.5 Å². The minimum absolute atomic E-state index is 0.169. The van der Waals surface area contributed by atoms with E-state index in [0.717, 1.165) is 12.8 Å². The van der Waals surface area contributed by atoms with Crippen LogP contribution in [0.1, 0.15) is 35.2 Å². The zero-order valence-corrected chi connectivity index (χ0v) is 11.5. The number of ether oxygens (including phenoxy) is 1. The van der Waals surface area contributed by atoms with E-state index in [1.807, 2.05) is 0 Å². The summed E-state index contributed by atoms with van der Waals surface area (Å²) >= 11 is 0. The van der Waals surface area contributed by atoms with Crippen molar-refractivity contribution in [3.8, 4) is 12.3 Å². The van der Waals surface area contributed by atoms with Crippen LogP contribution in [0, 0.1) is 12.3 Å². The van der Waals surface area contributed by atoms with Crippen molar-refractivity contribution < 1.29 is 14.3 Å². The van der Waals surface area contributed by atoms with Gasteiger partial charge in [0.2, 0.25) is 0 Å². The summed E-state index contributed by atoms with van der Waals surface area (Å²) in [6.45, 7) is 0.568. The summed E-state index contributed by atoms with van der Waals surface area (Å²) in [6, 6.07) is 6.41. The molecule has 0 radical (unpaired) electrons. The first-order valence-corrected chi connectivity index (χ1v) is 6.63. The highest BCUT2D eigenvalue weighted by Crippen LogP contribution is 2.21. The van der Waals surface area contributed by atoms with Crippen LogP contribution in [0.2, 0.25) is 0 Å². The molecular weight excluding hydrogens is 254 g/mol. The molecule has 1 aromatic carbocycles. The van der Waals surface area contributed by atoms with Crippen LogP contribution in [0.5, 0.6) is 0 Å². The summed E-state index contributed by atoms with van der Waals surface area (Å²) in [5.74, 6) is 1.98. The van der Waals surface area contributed by atoms with Crippen molar-refractivity contribution in [2.24, 2.45) is 0 Å². The van der Waals surface area contributed by atoms with Crippen LogP contribution in [0.15, 0.2) is 24.3 Å². The van der Waals surface area contributed by atoms with Crippen LogP contribution in [0.25, 0.3) is 0 Å². The molecule has 1 fully saturated rings. The Morgan fingerprint density at radius 1 is 1.40 bits per heavy atom. The highest BCUT2D eigenvalue weighted by atomic mass is 16.5. The lowest BCUT2D eigenvalue weighted by atomic mass is 10.0. The lowest BCUT2D eigenvalue weighted by Crippen LogP contribution is -2.48. The molecule has 0 aliphatic carbocycles. The number of piperidine rings is 1. The van der Waals surface area contributed by atoms with Gasteiger partial charge in [0, 0.05) is 17.7 Å². The minimum Gasteiger partial charge on any atom is -0.467 e. The van der Waals surface area contributed by atoms with E-state index in [9.17, 15) is 9.59 Å². The molecule has 1 heterocycles. The summed E-state index contributed by atoms with van der Waals surface area (Å²) < 4.78 is 4.79. The maximum atomic E-state index is 12.5. The van der Waals surface area contributed by atoms with Crippen LogP contribution in [-0.2, 0) is 9.53 Å². The van der Waals surface area contributed by atoms with Crippen LogP contribution in [0.4, 0.5) is 0 Å². The number of esters is 1. The van der Waals surface area contributed by atoms with Gasteiger partial charge in [0.05, 0.1) is 7.11 Å². The van der Waals surface area contributed by atoms with Gasteiger partial charge in [-0.1, -0.05) is 12.0 Å². The molecule has 1 unspecified atom stereocenters. The number of rotatable bonds is 2. The van der Waals surface area contributed by atoms with Crippen molar-refractivity contribution in [1.29, 1.82) is 0 Å². The molecule has 104 valence electrons. The van der Waals surface area contributed by atoms with Gasteiger partial charge >= 0.3 is 5.97 Å². The predicted octanol–water partition coefficient (Wildman–Crippen LogP) is 1.84. The average molecular weight is 271 g/mol. The van der Waals surface area contributed by atoms with Gasteiger partial charge in [-0.05, 0) is 37.5 Å². The monoisotopic (exact) mass is 271 g/mol. The second-order valence-electron chi connectivity index (χ2n) is 4.76. The normalized spacial score (nSPS) is 18.2. The molecule has 1 saturated heterocycles. The highest BCUT2D eigenvalue weighted by molar-refractivity contribution is 5.97. The van der Waals surface area contributed by atoms with E-state index in [1.54, 1.807) is 29.2 Å². The number of amides is 1. The van der Waals surface area contributed by atoms with E-state index in [1.165, 1.54) is 7.11 Å². The highest BCUT2D eigenvalue weighted by Gasteiger charge is 2.33. The quantitative estimate of drug-likeness (QED) is 0.609. The Kier molecular flexibility index (Phi) is 4.41. The minimum atomic E-state index is -0.490. The van der Waals surface area contributed by atoms with Gasteiger partial charge in [-0.2, -0.15) is 0 Å². The molecule has 4 nitrogen and oxygen atoms in total. The number of carbonyl (C=O) groups is 2. The molecule has 0 spiro atoms. The van der Waals surface area contributed by atoms with Crippen molar-refractivity contribution in [3.63, 3.8) is 0 Å². The molecule has 20 heavy (non-hydrogen) atoms. The van der Waals surface area contributed by atoms with E-state index in [2.05, 4.69) is 5.92 Å². The van der Waals surface area contributed by atoms with Crippen molar-refractivity contribution >= 4 is 11.9 Å². The largest absolute Gasteiger partial charge is 0.467 e. The molecule has 0 bridgehead atoms. The molecule has 1 aliphatic heterocycles. The fraction of sp³-hybridized carbons (Fsp3) is 0.375. The number of hydrogen-bond donors (Lipinski definition) is 0. The number of methoxy groups -OCH3 is 1. The molecular formula is C16H17NO3. The van der Waals surface area contributed by atoms with Gasteiger partial charge in [0.25, 0.3) is 5.91 Å². The Balaban J connectivity index is 2.25. The van der Waals surface area contributed by atoms with Crippen molar-refractivity contribution in [2.75, 3.05) is 13.7 Å². The summed E-state index contributed by atoms with van der Waals surface area (Å²) in [6.07, 6.45) is 7.81. The number of carbonyl (C=O) groups excluding carboxylic acids is 2. The molecule has 0 N–H and O–H groups in total. The molecule has 1 aromatic rings. The molecule has 1 atom stereocenters. The zero-order valence-electron chi connectivity index (χ0n) is 11.5. The maximum absolute atomic E-state index is 12.5. The summed E-state index contributed by atoms with van der Waals surface area (Å²) in [4.78, 5) is 25.9. The molecule has 2 rings (SSSR count). The van der Waals surface area contributed by atoms with Crippen molar-refractivity contribution in [1.82, 2.24) is 4.90 Å². The number of terminal acetylenes is 1. The maximum Gasteiger partial charge on any atom is 0.328 e. The number of benzene rings is 1. The lowest BCUT2D eigenvalue weighted by molar-refractivity contribution is -0.147. The van der Waals surface area contributed by atoms with Gasteiger partial charge in [0.1, 0.15) is 6.04 Å². The Labute approximate surface area is 118 Å².